The van der Waals surface area contributed by atoms with Crippen LogP contribution in [-0.2, 0) is 0 Å². The summed E-state index contributed by atoms with van der Waals surface area (Å²) in [7, 11) is 0. The number of anilines is 1. The van der Waals surface area contributed by atoms with Crippen molar-refractivity contribution in [3.8, 4) is 0 Å². The summed E-state index contributed by atoms with van der Waals surface area (Å²) in [5.74, 6) is 0.185. The first-order valence-corrected chi connectivity index (χ1v) is 8.55. The molecule has 110 valence electrons. The summed E-state index contributed by atoms with van der Waals surface area (Å²) in [4.78, 5) is 21.1. The molecule has 21 heavy (non-hydrogen) atoms. The Kier molecular flexibility index (Phi) is 4.67. The number of rotatable bonds is 4. The number of hydrogen-bond acceptors (Lipinski definition) is 5. The van der Waals surface area contributed by atoms with Gasteiger partial charge in [-0.2, -0.15) is 0 Å². The monoisotopic (exact) mass is 365 g/mol. The number of thiazole rings is 1. The molecule has 0 amide bonds. The van der Waals surface area contributed by atoms with E-state index in [2.05, 4.69) is 30.7 Å². The van der Waals surface area contributed by atoms with Gasteiger partial charge in [0.1, 0.15) is 0 Å². The molecule has 1 aromatic heterocycles. The minimum absolute atomic E-state index is 0.185. The van der Waals surface area contributed by atoms with Crippen molar-refractivity contribution in [3.63, 3.8) is 0 Å². The fraction of sp³-hybridized carbons (Fsp3) is 0.333. The molecule has 1 saturated heterocycles. The second-order valence-corrected chi connectivity index (χ2v) is 6.80. The molecule has 1 fully saturated rings. The Balaban J connectivity index is 1.53. The Hall–Kier alpha value is -1.24. The highest BCUT2D eigenvalue weighted by molar-refractivity contribution is 9.10. The number of carbonyl (C=O) groups is 1. The zero-order chi connectivity index (χ0) is 14.7. The average molecular weight is 366 g/mol. The first kappa shape index (κ1) is 14.7. The number of Topliss-reactive ketones (excluding diaryl/α,β-unsaturated/α-hetero) is 1. The van der Waals surface area contributed by atoms with Gasteiger partial charge in [-0.3, -0.25) is 9.69 Å². The fourth-order valence-corrected chi connectivity index (χ4v) is 3.36. The van der Waals surface area contributed by atoms with Gasteiger partial charge in [0.25, 0.3) is 0 Å². The van der Waals surface area contributed by atoms with Gasteiger partial charge >= 0.3 is 0 Å². The van der Waals surface area contributed by atoms with Crippen molar-refractivity contribution in [2.45, 2.75) is 0 Å². The first-order chi connectivity index (χ1) is 10.2. The smallest absolute Gasteiger partial charge is 0.185 e. The van der Waals surface area contributed by atoms with Crippen LogP contribution in [-0.4, -0.2) is 48.4 Å². The number of aromatic nitrogens is 1. The Bertz CT molecular complexity index is 592. The minimum Gasteiger partial charge on any atom is -0.346 e. The van der Waals surface area contributed by atoms with E-state index in [9.17, 15) is 4.79 Å². The van der Waals surface area contributed by atoms with E-state index in [1.807, 2.05) is 35.8 Å². The van der Waals surface area contributed by atoms with Gasteiger partial charge in [-0.25, -0.2) is 4.98 Å². The van der Waals surface area contributed by atoms with Crippen LogP contribution in [0.5, 0.6) is 0 Å². The normalized spacial score (nSPS) is 16.1. The van der Waals surface area contributed by atoms with Crippen LogP contribution in [0.25, 0.3) is 0 Å². The van der Waals surface area contributed by atoms with Gasteiger partial charge in [0.05, 0.1) is 6.54 Å². The number of carbonyl (C=O) groups excluding carboxylic acids is 1. The molecule has 3 rings (SSSR count). The molecule has 0 N–H and O–H groups in total. The summed E-state index contributed by atoms with van der Waals surface area (Å²) in [6, 6.07) is 7.57. The van der Waals surface area contributed by atoms with Crippen molar-refractivity contribution in [1.29, 1.82) is 0 Å². The Morgan fingerprint density at radius 3 is 2.52 bits per heavy atom. The van der Waals surface area contributed by atoms with Crippen LogP contribution >= 0.6 is 27.3 Å². The zero-order valence-electron chi connectivity index (χ0n) is 11.5. The maximum Gasteiger partial charge on any atom is 0.185 e. The van der Waals surface area contributed by atoms with Crippen LogP contribution < -0.4 is 4.90 Å². The number of piperazine rings is 1. The number of halogens is 1. The van der Waals surface area contributed by atoms with E-state index in [1.165, 1.54) is 0 Å². The van der Waals surface area contributed by atoms with Crippen molar-refractivity contribution < 1.29 is 4.79 Å². The predicted octanol–water partition coefficient (Wildman–Crippen LogP) is 2.91. The lowest BCUT2D eigenvalue weighted by molar-refractivity contribution is 0.0926. The highest BCUT2D eigenvalue weighted by atomic mass is 79.9. The zero-order valence-corrected chi connectivity index (χ0v) is 13.9. The molecule has 1 aliphatic rings. The molecule has 0 aliphatic carbocycles. The molecule has 1 aromatic carbocycles. The van der Waals surface area contributed by atoms with Gasteiger partial charge in [-0.15, -0.1) is 11.3 Å². The number of ketones is 1. The van der Waals surface area contributed by atoms with Crippen molar-refractivity contribution in [1.82, 2.24) is 9.88 Å². The number of hydrogen-bond donors (Lipinski definition) is 0. The lowest BCUT2D eigenvalue weighted by Crippen LogP contribution is -2.48. The van der Waals surface area contributed by atoms with E-state index in [4.69, 9.17) is 0 Å². The molecule has 1 aliphatic heterocycles. The van der Waals surface area contributed by atoms with Crippen LogP contribution in [0, 0.1) is 0 Å². The molecule has 2 aromatic rings. The first-order valence-electron chi connectivity index (χ1n) is 6.88. The largest absolute Gasteiger partial charge is 0.346 e. The number of nitrogens with zero attached hydrogens (tertiary/aromatic N) is 3. The standard InChI is InChI=1S/C15H16BrN3OS/c16-13-3-1-12(2-4-13)14(20)11-18-6-8-19(9-7-18)15-17-5-10-21-15/h1-5,10H,6-9,11H2. The third-order valence-corrected chi connectivity index (χ3v) is 4.96. The summed E-state index contributed by atoms with van der Waals surface area (Å²) in [5, 5.41) is 3.08. The van der Waals surface area contributed by atoms with E-state index in [1.54, 1.807) is 11.3 Å². The van der Waals surface area contributed by atoms with Crippen LogP contribution in [0.3, 0.4) is 0 Å². The third kappa shape index (κ3) is 3.70. The molecule has 0 spiro atoms. The van der Waals surface area contributed by atoms with Crippen LogP contribution in [0.1, 0.15) is 10.4 Å². The molecule has 0 radical (unpaired) electrons. The molecule has 0 saturated carbocycles. The highest BCUT2D eigenvalue weighted by Crippen LogP contribution is 2.19. The average Bonchev–Trinajstić information content (AvgIpc) is 3.03. The quantitative estimate of drug-likeness (QED) is 0.780. The van der Waals surface area contributed by atoms with Crippen LogP contribution in [0.4, 0.5) is 5.13 Å². The lowest BCUT2D eigenvalue weighted by Gasteiger charge is -2.34. The SMILES string of the molecule is O=C(CN1CCN(c2nccs2)CC1)c1ccc(Br)cc1. The molecule has 4 nitrogen and oxygen atoms in total. The maximum absolute atomic E-state index is 12.3. The third-order valence-electron chi connectivity index (χ3n) is 3.60. The van der Waals surface area contributed by atoms with E-state index in [0.717, 1.165) is 41.3 Å². The fourth-order valence-electron chi connectivity index (χ4n) is 2.40. The number of benzene rings is 1. The second kappa shape index (κ2) is 6.68. The maximum atomic E-state index is 12.3. The van der Waals surface area contributed by atoms with Gasteiger partial charge in [-0.05, 0) is 12.1 Å². The molecule has 0 unspecified atom stereocenters. The molecular formula is C15H16BrN3OS. The van der Waals surface area contributed by atoms with E-state index in [-0.39, 0.29) is 5.78 Å². The van der Waals surface area contributed by atoms with Gasteiger partial charge in [0.15, 0.2) is 10.9 Å². The predicted molar refractivity (Wildman–Crippen MR) is 89.2 cm³/mol. The van der Waals surface area contributed by atoms with Crippen molar-refractivity contribution in [3.05, 3.63) is 45.9 Å². The Morgan fingerprint density at radius 1 is 1.19 bits per heavy atom. The minimum atomic E-state index is 0.185. The lowest BCUT2D eigenvalue weighted by atomic mass is 10.1. The molecular weight excluding hydrogens is 350 g/mol. The summed E-state index contributed by atoms with van der Waals surface area (Å²) >= 11 is 5.05. The summed E-state index contributed by atoms with van der Waals surface area (Å²) in [5.41, 5.74) is 0.778. The van der Waals surface area contributed by atoms with E-state index >= 15 is 0 Å². The molecule has 0 atom stereocenters. The van der Waals surface area contributed by atoms with Crippen molar-refractivity contribution in [2.75, 3.05) is 37.6 Å². The molecule has 0 bridgehead atoms. The molecule has 6 heteroatoms. The Labute approximate surface area is 136 Å². The van der Waals surface area contributed by atoms with Crippen molar-refractivity contribution in [2.24, 2.45) is 0 Å². The van der Waals surface area contributed by atoms with Gasteiger partial charge in [-0.1, -0.05) is 28.1 Å². The summed E-state index contributed by atoms with van der Waals surface area (Å²) < 4.78 is 0.996. The van der Waals surface area contributed by atoms with Gasteiger partial charge in [0, 0.05) is 47.8 Å². The van der Waals surface area contributed by atoms with Crippen molar-refractivity contribution >= 4 is 38.2 Å². The van der Waals surface area contributed by atoms with Gasteiger partial charge < -0.3 is 4.90 Å². The summed E-state index contributed by atoms with van der Waals surface area (Å²) in [6.45, 7) is 4.17. The van der Waals surface area contributed by atoms with Gasteiger partial charge in [0.2, 0.25) is 0 Å². The van der Waals surface area contributed by atoms with Crippen LogP contribution in [0.2, 0.25) is 0 Å². The molecule has 2 heterocycles. The van der Waals surface area contributed by atoms with E-state index < -0.39 is 0 Å². The topological polar surface area (TPSA) is 36.4 Å². The van der Waals surface area contributed by atoms with Crippen LogP contribution in [0.15, 0.2) is 40.3 Å². The second-order valence-electron chi connectivity index (χ2n) is 5.01. The Morgan fingerprint density at radius 2 is 1.90 bits per heavy atom. The highest BCUT2D eigenvalue weighted by Gasteiger charge is 2.20. The summed E-state index contributed by atoms with van der Waals surface area (Å²) in [6.07, 6.45) is 1.84. The van der Waals surface area contributed by atoms with E-state index in [0.29, 0.717) is 6.54 Å².